The summed E-state index contributed by atoms with van der Waals surface area (Å²) in [5.74, 6) is 0.0403. The number of amides is 1. The van der Waals surface area contributed by atoms with Gasteiger partial charge in [0.2, 0.25) is 5.91 Å². The van der Waals surface area contributed by atoms with Crippen LogP contribution in [0.4, 0.5) is 0 Å². The molecular weight excluding hydrogens is 306 g/mol. The van der Waals surface area contributed by atoms with Gasteiger partial charge in [-0.15, -0.1) is 11.8 Å². The van der Waals surface area contributed by atoms with E-state index in [0.717, 1.165) is 18.4 Å². The number of benzene rings is 1. The van der Waals surface area contributed by atoms with E-state index >= 15 is 0 Å². The Labute approximate surface area is 140 Å². The zero-order chi connectivity index (χ0) is 15.8. The number of thioether (sulfide) groups is 1. The molecule has 0 spiro atoms. The van der Waals surface area contributed by atoms with E-state index in [-0.39, 0.29) is 11.9 Å². The van der Waals surface area contributed by atoms with Crippen LogP contribution in [0.3, 0.4) is 0 Å². The lowest BCUT2D eigenvalue weighted by Crippen LogP contribution is -2.38. The number of carbonyl (C=O) groups excluding carboxylic acids is 1. The molecule has 1 amide bonds. The number of hydrogen-bond donors (Lipinski definition) is 1. The van der Waals surface area contributed by atoms with E-state index in [1.165, 1.54) is 40.7 Å². The maximum atomic E-state index is 11.5. The first-order valence-corrected chi connectivity index (χ1v) is 9.21. The lowest BCUT2D eigenvalue weighted by atomic mass is 9.89. The van der Waals surface area contributed by atoms with Crippen LogP contribution in [0.25, 0.3) is 11.0 Å². The monoisotopic (exact) mass is 327 g/mol. The number of furan rings is 1. The van der Waals surface area contributed by atoms with Gasteiger partial charge < -0.3 is 9.73 Å². The average molecular weight is 327 g/mol. The zero-order valence-electron chi connectivity index (χ0n) is 13.3. The fraction of sp³-hybridized carbons (Fsp3) is 0.421. The molecule has 3 nitrogen and oxygen atoms in total. The molecular formula is C19H21NO2S. The predicted molar refractivity (Wildman–Crippen MR) is 93.9 cm³/mol. The van der Waals surface area contributed by atoms with Crippen LogP contribution in [0.15, 0.2) is 39.9 Å². The van der Waals surface area contributed by atoms with Crippen molar-refractivity contribution in [3.8, 4) is 0 Å². The Bertz CT molecular complexity index is 777. The van der Waals surface area contributed by atoms with Crippen LogP contribution in [0.5, 0.6) is 0 Å². The number of carbonyl (C=O) groups is 1. The van der Waals surface area contributed by atoms with Crippen molar-refractivity contribution < 1.29 is 9.21 Å². The smallest absolute Gasteiger partial charge is 0.217 e. The Hall–Kier alpha value is -1.68. The van der Waals surface area contributed by atoms with E-state index in [0.29, 0.717) is 5.25 Å². The van der Waals surface area contributed by atoms with Gasteiger partial charge in [0.15, 0.2) is 0 Å². The standard InChI is InChI=1S/C19H21NO2S/c1-12(21)20-14-9-13-11-22-17-7-8-18(16(10-14)19(13)17)23-15-5-3-2-4-6-15/h3,5,7-8,11,14-15H,2,4,6,9-10H2,1H3,(H,20,21). The summed E-state index contributed by atoms with van der Waals surface area (Å²) >= 11 is 1.96. The van der Waals surface area contributed by atoms with Gasteiger partial charge in [0.05, 0.1) is 6.26 Å². The van der Waals surface area contributed by atoms with Crippen LogP contribution in [0, 0.1) is 0 Å². The normalized spacial score (nSPS) is 23.2. The highest BCUT2D eigenvalue weighted by molar-refractivity contribution is 8.00. The molecule has 2 atom stereocenters. The number of rotatable bonds is 3. The summed E-state index contributed by atoms with van der Waals surface area (Å²) in [4.78, 5) is 12.8. The van der Waals surface area contributed by atoms with Crippen LogP contribution in [0.2, 0.25) is 0 Å². The molecule has 4 rings (SSSR count). The first-order chi connectivity index (χ1) is 11.2. The molecule has 4 heteroatoms. The van der Waals surface area contributed by atoms with Crippen molar-refractivity contribution in [2.45, 2.75) is 55.2 Å². The molecule has 0 fully saturated rings. The van der Waals surface area contributed by atoms with Gasteiger partial charge >= 0.3 is 0 Å². The molecule has 2 unspecified atom stereocenters. The number of nitrogens with one attached hydrogen (secondary N) is 1. The highest BCUT2D eigenvalue weighted by Gasteiger charge is 2.26. The average Bonchev–Trinajstić information content (AvgIpc) is 2.94. The van der Waals surface area contributed by atoms with Crippen molar-refractivity contribution in [2.24, 2.45) is 0 Å². The molecule has 120 valence electrons. The van der Waals surface area contributed by atoms with Crippen molar-refractivity contribution in [1.82, 2.24) is 5.32 Å². The minimum Gasteiger partial charge on any atom is -0.464 e. The molecule has 2 aromatic rings. The number of hydrogen-bond acceptors (Lipinski definition) is 3. The largest absolute Gasteiger partial charge is 0.464 e. The van der Waals surface area contributed by atoms with Gasteiger partial charge in [-0.25, -0.2) is 0 Å². The van der Waals surface area contributed by atoms with Crippen molar-refractivity contribution in [1.29, 1.82) is 0 Å². The van der Waals surface area contributed by atoms with E-state index in [4.69, 9.17) is 4.42 Å². The predicted octanol–water partition coefficient (Wildman–Crippen LogP) is 4.24. The van der Waals surface area contributed by atoms with Crippen LogP contribution in [-0.2, 0) is 17.6 Å². The molecule has 2 aliphatic carbocycles. The quantitative estimate of drug-likeness (QED) is 0.858. The Kier molecular flexibility index (Phi) is 3.93. The van der Waals surface area contributed by atoms with Crippen LogP contribution >= 0.6 is 11.8 Å². The second-order valence-electron chi connectivity index (χ2n) is 6.50. The summed E-state index contributed by atoms with van der Waals surface area (Å²) in [6, 6.07) is 4.45. The summed E-state index contributed by atoms with van der Waals surface area (Å²) in [6.07, 6.45) is 12.0. The zero-order valence-corrected chi connectivity index (χ0v) is 14.1. The molecule has 0 bridgehead atoms. The lowest BCUT2D eigenvalue weighted by molar-refractivity contribution is -0.119. The summed E-state index contributed by atoms with van der Waals surface area (Å²) in [5.41, 5.74) is 3.54. The molecule has 1 aromatic carbocycles. The van der Waals surface area contributed by atoms with E-state index in [1.807, 2.05) is 18.0 Å². The second kappa shape index (κ2) is 6.08. The Balaban J connectivity index is 1.70. The van der Waals surface area contributed by atoms with Gasteiger partial charge in [-0.1, -0.05) is 12.2 Å². The lowest BCUT2D eigenvalue weighted by Gasteiger charge is -2.25. The molecule has 2 aliphatic rings. The Morgan fingerprint density at radius 3 is 3.04 bits per heavy atom. The van der Waals surface area contributed by atoms with Gasteiger partial charge in [0.1, 0.15) is 5.58 Å². The Morgan fingerprint density at radius 1 is 1.35 bits per heavy atom. The van der Waals surface area contributed by atoms with E-state index in [9.17, 15) is 4.79 Å². The molecule has 23 heavy (non-hydrogen) atoms. The first-order valence-electron chi connectivity index (χ1n) is 8.33. The first kappa shape index (κ1) is 14.9. The van der Waals surface area contributed by atoms with E-state index in [2.05, 4.69) is 29.6 Å². The molecule has 0 saturated heterocycles. The maximum Gasteiger partial charge on any atom is 0.217 e. The molecule has 0 saturated carbocycles. The van der Waals surface area contributed by atoms with E-state index < -0.39 is 0 Å². The summed E-state index contributed by atoms with van der Waals surface area (Å²) in [7, 11) is 0. The fourth-order valence-electron chi connectivity index (χ4n) is 3.73. The van der Waals surface area contributed by atoms with Gasteiger partial charge in [-0.3, -0.25) is 4.79 Å². The van der Waals surface area contributed by atoms with Gasteiger partial charge in [-0.05, 0) is 49.8 Å². The van der Waals surface area contributed by atoms with Gasteiger partial charge in [0, 0.05) is 34.1 Å². The summed E-state index contributed by atoms with van der Waals surface area (Å²) < 4.78 is 5.72. The summed E-state index contributed by atoms with van der Waals surface area (Å²) in [6.45, 7) is 1.59. The minimum atomic E-state index is 0.0403. The van der Waals surface area contributed by atoms with Crippen molar-refractivity contribution in [2.75, 3.05) is 0 Å². The number of allylic oxidation sites excluding steroid dienone is 1. The van der Waals surface area contributed by atoms with Crippen LogP contribution in [0.1, 0.15) is 37.3 Å². The maximum absolute atomic E-state index is 11.5. The highest BCUT2D eigenvalue weighted by Crippen LogP contribution is 2.40. The molecule has 0 radical (unpaired) electrons. The second-order valence-corrected chi connectivity index (χ2v) is 7.78. The van der Waals surface area contributed by atoms with Crippen molar-refractivity contribution in [3.63, 3.8) is 0 Å². The highest BCUT2D eigenvalue weighted by atomic mass is 32.2. The van der Waals surface area contributed by atoms with Crippen LogP contribution in [-0.4, -0.2) is 17.2 Å². The Morgan fingerprint density at radius 2 is 2.26 bits per heavy atom. The van der Waals surface area contributed by atoms with Crippen molar-refractivity contribution in [3.05, 3.63) is 41.7 Å². The van der Waals surface area contributed by atoms with Gasteiger partial charge in [0.25, 0.3) is 0 Å². The molecule has 1 N–H and O–H groups in total. The topological polar surface area (TPSA) is 42.2 Å². The minimum absolute atomic E-state index is 0.0403. The molecule has 0 aliphatic heterocycles. The summed E-state index contributed by atoms with van der Waals surface area (Å²) in [5, 5.41) is 4.92. The third-order valence-electron chi connectivity index (χ3n) is 4.69. The molecule has 1 heterocycles. The van der Waals surface area contributed by atoms with E-state index in [1.54, 1.807) is 6.92 Å². The fourth-order valence-corrected chi connectivity index (χ4v) is 5.00. The van der Waals surface area contributed by atoms with Crippen molar-refractivity contribution >= 4 is 28.6 Å². The van der Waals surface area contributed by atoms with Crippen LogP contribution < -0.4 is 5.32 Å². The molecule has 1 aromatic heterocycles. The third kappa shape index (κ3) is 2.92. The SMILES string of the molecule is CC(=O)NC1Cc2coc3ccc(SC4C=CCCC4)c(c23)C1. The third-order valence-corrected chi connectivity index (χ3v) is 6.03. The van der Waals surface area contributed by atoms with Gasteiger partial charge in [-0.2, -0.15) is 0 Å².